The molecule has 3 heteroatoms. The maximum Gasteiger partial charge on any atom is 0.137 e. The third-order valence-corrected chi connectivity index (χ3v) is 2.80. The van der Waals surface area contributed by atoms with Crippen molar-refractivity contribution in [3.63, 3.8) is 0 Å². The molecule has 0 spiro atoms. The van der Waals surface area contributed by atoms with Gasteiger partial charge in [0.2, 0.25) is 0 Å². The zero-order valence-corrected chi connectivity index (χ0v) is 9.24. The molecule has 1 aromatic carbocycles. The molecule has 0 amide bonds. The molecule has 0 bridgehead atoms. The van der Waals surface area contributed by atoms with Gasteiger partial charge in [0.25, 0.3) is 0 Å². The molecule has 2 aromatic heterocycles. The summed E-state index contributed by atoms with van der Waals surface area (Å²) in [5.74, 6) is 0. The standard InChI is InChI=1S/C14H12N2O/c17-10-12-14(11-6-2-1-3-7-11)16-9-5-4-8-13(16)15-12/h1-9,17H,10H2. The van der Waals surface area contributed by atoms with Crippen LogP contribution in [0.1, 0.15) is 5.69 Å². The number of nitrogens with zero attached hydrogens (tertiary/aromatic N) is 2. The van der Waals surface area contributed by atoms with Gasteiger partial charge in [-0.25, -0.2) is 4.98 Å². The Labute approximate surface area is 99.0 Å². The van der Waals surface area contributed by atoms with Gasteiger partial charge in [0.05, 0.1) is 18.0 Å². The topological polar surface area (TPSA) is 37.5 Å². The summed E-state index contributed by atoms with van der Waals surface area (Å²) >= 11 is 0. The zero-order chi connectivity index (χ0) is 11.7. The van der Waals surface area contributed by atoms with Crippen molar-refractivity contribution in [3.05, 3.63) is 60.4 Å². The molecule has 0 saturated carbocycles. The van der Waals surface area contributed by atoms with E-state index in [1.54, 1.807) is 0 Å². The molecule has 17 heavy (non-hydrogen) atoms. The third kappa shape index (κ3) is 1.61. The minimum atomic E-state index is -0.0497. The quantitative estimate of drug-likeness (QED) is 0.726. The summed E-state index contributed by atoms with van der Waals surface area (Å²) in [5, 5.41) is 9.40. The van der Waals surface area contributed by atoms with E-state index in [1.807, 2.05) is 59.1 Å². The summed E-state index contributed by atoms with van der Waals surface area (Å²) in [4.78, 5) is 4.42. The number of fused-ring (bicyclic) bond motifs is 1. The summed E-state index contributed by atoms with van der Waals surface area (Å²) in [6.07, 6.45) is 1.96. The minimum Gasteiger partial charge on any atom is -0.390 e. The van der Waals surface area contributed by atoms with Gasteiger partial charge >= 0.3 is 0 Å². The van der Waals surface area contributed by atoms with E-state index in [9.17, 15) is 5.11 Å². The van der Waals surface area contributed by atoms with Gasteiger partial charge < -0.3 is 5.11 Å². The Hall–Kier alpha value is -2.13. The Morgan fingerprint density at radius 1 is 1.00 bits per heavy atom. The molecule has 84 valence electrons. The lowest BCUT2D eigenvalue weighted by atomic mass is 10.1. The molecule has 3 aromatic rings. The van der Waals surface area contributed by atoms with Gasteiger partial charge in [0, 0.05) is 11.8 Å². The van der Waals surface area contributed by atoms with Gasteiger partial charge in [-0.15, -0.1) is 0 Å². The van der Waals surface area contributed by atoms with Crippen LogP contribution in [0.5, 0.6) is 0 Å². The lowest BCUT2D eigenvalue weighted by molar-refractivity contribution is 0.278. The van der Waals surface area contributed by atoms with E-state index in [-0.39, 0.29) is 6.61 Å². The van der Waals surface area contributed by atoms with Crippen molar-refractivity contribution in [2.24, 2.45) is 0 Å². The van der Waals surface area contributed by atoms with Gasteiger partial charge in [-0.1, -0.05) is 36.4 Å². The van der Waals surface area contributed by atoms with Crippen molar-refractivity contribution in [3.8, 4) is 11.3 Å². The van der Waals surface area contributed by atoms with Crippen LogP contribution in [0, 0.1) is 0 Å². The Bertz CT molecular complexity index is 644. The third-order valence-electron chi connectivity index (χ3n) is 2.80. The molecule has 1 N–H and O–H groups in total. The Balaban J connectivity index is 2.34. The second kappa shape index (κ2) is 4.03. The van der Waals surface area contributed by atoms with Crippen LogP contribution < -0.4 is 0 Å². The van der Waals surface area contributed by atoms with Crippen LogP contribution in [0.15, 0.2) is 54.7 Å². The number of benzene rings is 1. The lowest BCUT2D eigenvalue weighted by Crippen LogP contribution is -1.91. The van der Waals surface area contributed by atoms with Gasteiger partial charge in [0.15, 0.2) is 0 Å². The molecule has 3 nitrogen and oxygen atoms in total. The maximum atomic E-state index is 9.40. The first-order chi connectivity index (χ1) is 8.40. The number of imidazole rings is 1. The predicted molar refractivity (Wildman–Crippen MR) is 66.6 cm³/mol. The second-order valence-corrected chi connectivity index (χ2v) is 3.86. The van der Waals surface area contributed by atoms with Crippen LogP contribution in [0.2, 0.25) is 0 Å². The van der Waals surface area contributed by atoms with Crippen molar-refractivity contribution in [2.45, 2.75) is 6.61 Å². The highest BCUT2D eigenvalue weighted by atomic mass is 16.3. The average molecular weight is 224 g/mol. The van der Waals surface area contributed by atoms with E-state index < -0.39 is 0 Å². The monoisotopic (exact) mass is 224 g/mol. The number of rotatable bonds is 2. The molecular formula is C14H12N2O. The minimum absolute atomic E-state index is 0.0497. The highest BCUT2D eigenvalue weighted by molar-refractivity contribution is 5.67. The molecule has 0 saturated heterocycles. The fourth-order valence-corrected chi connectivity index (χ4v) is 2.06. The first-order valence-corrected chi connectivity index (χ1v) is 5.52. The van der Waals surface area contributed by atoms with Crippen LogP contribution in [-0.2, 0) is 6.61 Å². The summed E-state index contributed by atoms with van der Waals surface area (Å²) in [5.41, 5.74) is 3.59. The highest BCUT2D eigenvalue weighted by Gasteiger charge is 2.12. The summed E-state index contributed by atoms with van der Waals surface area (Å²) in [6.45, 7) is -0.0497. The molecule has 0 fully saturated rings. The molecule has 0 atom stereocenters. The van der Waals surface area contributed by atoms with E-state index >= 15 is 0 Å². The first kappa shape index (κ1) is 10.1. The van der Waals surface area contributed by atoms with Gasteiger partial charge in [-0.2, -0.15) is 0 Å². The second-order valence-electron chi connectivity index (χ2n) is 3.86. The number of aliphatic hydroxyl groups excluding tert-OH is 1. The number of hydrogen-bond acceptors (Lipinski definition) is 2. The number of aromatic nitrogens is 2. The van der Waals surface area contributed by atoms with Crippen LogP contribution >= 0.6 is 0 Å². The highest BCUT2D eigenvalue weighted by Crippen LogP contribution is 2.24. The Morgan fingerprint density at radius 2 is 1.76 bits per heavy atom. The fraction of sp³-hybridized carbons (Fsp3) is 0.0714. The van der Waals surface area contributed by atoms with E-state index in [1.165, 1.54) is 0 Å². The van der Waals surface area contributed by atoms with Crippen LogP contribution in [0.4, 0.5) is 0 Å². The predicted octanol–water partition coefficient (Wildman–Crippen LogP) is 2.49. The molecule has 0 aliphatic heterocycles. The smallest absolute Gasteiger partial charge is 0.137 e. The maximum absolute atomic E-state index is 9.40. The van der Waals surface area contributed by atoms with Crippen LogP contribution in [0.25, 0.3) is 16.9 Å². The molecule has 0 unspecified atom stereocenters. The summed E-state index contributed by atoms with van der Waals surface area (Å²) < 4.78 is 2.00. The molecule has 2 heterocycles. The van der Waals surface area contributed by atoms with Crippen LogP contribution in [0.3, 0.4) is 0 Å². The number of hydrogen-bond donors (Lipinski definition) is 1. The molecular weight excluding hydrogens is 212 g/mol. The normalized spacial score (nSPS) is 10.9. The summed E-state index contributed by atoms with van der Waals surface area (Å²) in [6, 6.07) is 15.8. The number of pyridine rings is 1. The van der Waals surface area contributed by atoms with Crippen molar-refractivity contribution < 1.29 is 5.11 Å². The average Bonchev–Trinajstić information content (AvgIpc) is 2.78. The Morgan fingerprint density at radius 3 is 2.53 bits per heavy atom. The van der Waals surface area contributed by atoms with Crippen molar-refractivity contribution in [2.75, 3.05) is 0 Å². The van der Waals surface area contributed by atoms with E-state index in [4.69, 9.17) is 0 Å². The fourth-order valence-electron chi connectivity index (χ4n) is 2.06. The van der Waals surface area contributed by atoms with Crippen molar-refractivity contribution >= 4 is 5.65 Å². The van der Waals surface area contributed by atoms with Gasteiger partial charge in [0.1, 0.15) is 5.65 Å². The van der Waals surface area contributed by atoms with Crippen molar-refractivity contribution in [1.82, 2.24) is 9.38 Å². The van der Waals surface area contributed by atoms with E-state index in [2.05, 4.69) is 4.98 Å². The largest absolute Gasteiger partial charge is 0.390 e. The first-order valence-electron chi connectivity index (χ1n) is 5.52. The summed E-state index contributed by atoms with van der Waals surface area (Å²) in [7, 11) is 0. The van der Waals surface area contributed by atoms with Gasteiger partial charge in [-0.3, -0.25) is 4.40 Å². The number of aliphatic hydroxyl groups is 1. The van der Waals surface area contributed by atoms with E-state index in [0.29, 0.717) is 5.69 Å². The van der Waals surface area contributed by atoms with Crippen LogP contribution in [-0.4, -0.2) is 14.5 Å². The molecule has 0 aliphatic rings. The Kier molecular flexibility index (Phi) is 2.38. The molecule has 0 aliphatic carbocycles. The lowest BCUT2D eigenvalue weighted by Gasteiger charge is -2.03. The SMILES string of the molecule is OCc1nc2ccccn2c1-c1ccccc1. The van der Waals surface area contributed by atoms with Crippen molar-refractivity contribution in [1.29, 1.82) is 0 Å². The zero-order valence-electron chi connectivity index (χ0n) is 9.24. The molecule has 0 radical (unpaired) electrons. The van der Waals surface area contributed by atoms with E-state index in [0.717, 1.165) is 16.9 Å². The van der Waals surface area contributed by atoms with Gasteiger partial charge in [-0.05, 0) is 12.1 Å². The molecule has 3 rings (SSSR count).